The number of nitrogens with zero attached hydrogens (tertiary/aromatic N) is 3. The van der Waals surface area contributed by atoms with E-state index in [0.717, 1.165) is 37.0 Å². The van der Waals surface area contributed by atoms with E-state index in [4.69, 9.17) is 4.74 Å². The van der Waals surface area contributed by atoms with Gasteiger partial charge >= 0.3 is 5.97 Å². The molecule has 2 heterocycles. The van der Waals surface area contributed by atoms with Gasteiger partial charge in [-0.3, -0.25) is 4.79 Å². The van der Waals surface area contributed by atoms with Crippen LogP contribution in [0.5, 0.6) is 5.75 Å². The first kappa shape index (κ1) is 13.1. The summed E-state index contributed by atoms with van der Waals surface area (Å²) in [5.41, 5.74) is 1.88. The summed E-state index contributed by atoms with van der Waals surface area (Å²) < 4.78 is 7.45. The van der Waals surface area contributed by atoms with Crippen LogP contribution in [0.25, 0.3) is 11.0 Å². The standard InChI is InChI=1S/C15H19N3O2/c1-17-7-3-4-11(9-17)15(19)20-12-5-6-14-13(8-12)16-10-18(14)2/h5-6,8,10-11H,3-4,7,9H2,1-2H3. The lowest BCUT2D eigenvalue weighted by molar-refractivity contribution is -0.140. The number of esters is 1. The molecule has 5 nitrogen and oxygen atoms in total. The van der Waals surface area contributed by atoms with E-state index in [-0.39, 0.29) is 11.9 Å². The van der Waals surface area contributed by atoms with Gasteiger partial charge in [0, 0.05) is 19.7 Å². The van der Waals surface area contributed by atoms with Crippen LogP contribution in [0, 0.1) is 5.92 Å². The Balaban J connectivity index is 1.73. The highest BCUT2D eigenvalue weighted by Crippen LogP contribution is 2.22. The Hall–Kier alpha value is -1.88. The average molecular weight is 273 g/mol. The lowest BCUT2D eigenvalue weighted by Crippen LogP contribution is -2.37. The van der Waals surface area contributed by atoms with Gasteiger partial charge in [0.1, 0.15) is 5.75 Å². The fourth-order valence-electron chi connectivity index (χ4n) is 2.74. The van der Waals surface area contributed by atoms with Crippen molar-refractivity contribution < 1.29 is 9.53 Å². The van der Waals surface area contributed by atoms with Crippen LogP contribution in [0.2, 0.25) is 0 Å². The zero-order chi connectivity index (χ0) is 14.1. The molecule has 1 aromatic heterocycles. The lowest BCUT2D eigenvalue weighted by atomic mass is 9.99. The van der Waals surface area contributed by atoms with Crippen molar-refractivity contribution in [2.45, 2.75) is 12.8 Å². The molecular weight excluding hydrogens is 254 g/mol. The van der Waals surface area contributed by atoms with Gasteiger partial charge in [-0.25, -0.2) is 4.98 Å². The Morgan fingerprint density at radius 1 is 1.40 bits per heavy atom. The van der Waals surface area contributed by atoms with E-state index in [1.54, 1.807) is 6.33 Å². The summed E-state index contributed by atoms with van der Waals surface area (Å²) in [6.45, 7) is 1.84. The van der Waals surface area contributed by atoms with Crippen LogP contribution >= 0.6 is 0 Å². The van der Waals surface area contributed by atoms with Gasteiger partial charge in [-0.15, -0.1) is 0 Å². The number of aryl methyl sites for hydroxylation is 1. The minimum absolute atomic E-state index is 0.0202. The van der Waals surface area contributed by atoms with Crippen molar-refractivity contribution in [2.24, 2.45) is 13.0 Å². The molecule has 1 aliphatic rings. The van der Waals surface area contributed by atoms with Gasteiger partial charge in [0.15, 0.2) is 0 Å². The highest BCUT2D eigenvalue weighted by atomic mass is 16.5. The number of imidazole rings is 1. The van der Waals surface area contributed by atoms with E-state index in [0.29, 0.717) is 5.75 Å². The molecule has 0 radical (unpaired) electrons. The summed E-state index contributed by atoms with van der Waals surface area (Å²) in [5, 5.41) is 0. The zero-order valence-electron chi connectivity index (χ0n) is 11.9. The maximum atomic E-state index is 12.2. The van der Waals surface area contributed by atoms with Gasteiger partial charge in [-0.1, -0.05) is 0 Å². The molecule has 3 rings (SSSR count). The molecule has 1 fully saturated rings. The number of benzene rings is 1. The lowest BCUT2D eigenvalue weighted by Gasteiger charge is -2.27. The summed E-state index contributed by atoms with van der Waals surface area (Å²) in [6, 6.07) is 5.58. The van der Waals surface area contributed by atoms with Crippen LogP contribution in [-0.2, 0) is 11.8 Å². The van der Waals surface area contributed by atoms with Crippen molar-refractivity contribution >= 4 is 17.0 Å². The first-order valence-corrected chi connectivity index (χ1v) is 6.95. The van der Waals surface area contributed by atoms with Gasteiger partial charge in [0.25, 0.3) is 0 Å². The van der Waals surface area contributed by atoms with Gasteiger partial charge in [0.05, 0.1) is 23.3 Å². The molecule has 1 aromatic carbocycles. The van der Waals surface area contributed by atoms with Gasteiger partial charge in [-0.2, -0.15) is 0 Å². The third kappa shape index (κ3) is 2.54. The second-order valence-electron chi connectivity index (χ2n) is 5.53. The van der Waals surface area contributed by atoms with E-state index in [1.807, 2.05) is 36.9 Å². The Kier molecular flexibility index (Phi) is 3.44. The third-order valence-electron chi connectivity index (χ3n) is 3.87. The number of hydrogen-bond donors (Lipinski definition) is 0. The Morgan fingerprint density at radius 2 is 2.25 bits per heavy atom. The summed E-state index contributed by atoms with van der Waals surface area (Å²) in [4.78, 5) is 18.6. The molecule has 0 aliphatic carbocycles. The maximum Gasteiger partial charge on any atom is 0.315 e. The second-order valence-corrected chi connectivity index (χ2v) is 5.53. The summed E-state index contributed by atoms with van der Waals surface area (Å²) >= 11 is 0. The molecule has 1 atom stereocenters. The SMILES string of the molecule is CN1CCCC(C(=O)Oc2ccc3c(c2)ncn3C)C1. The topological polar surface area (TPSA) is 47.4 Å². The predicted octanol–water partition coefficient (Wildman–Crippen LogP) is 1.82. The van der Waals surface area contributed by atoms with Crippen LogP contribution in [0.3, 0.4) is 0 Å². The number of hydrogen-bond acceptors (Lipinski definition) is 4. The molecule has 0 spiro atoms. The number of piperidine rings is 1. The highest BCUT2D eigenvalue weighted by Gasteiger charge is 2.25. The van der Waals surface area contributed by atoms with Crippen molar-refractivity contribution in [1.29, 1.82) is 0 Å². The fraction of sp³-hybridized carbons (Fsp3) is 0.467. The largest absolute Gasteiger partial charge is 0.426 e. The predicted molar refractivity (Wildman–Crippen MR) is 76.6 cm³/mol. The zero-order valence-corrected chi connectivity index (χ0v) is 11.9. The molecule has 1 aliphatic heterocycles. The van der Waals surface area contributed by atoms with Crippen molar-refractivity contribution in [2.75, 3.05) is 20.1 Å². The Bertz CT molecular complexity index is 635. The van der Waals surface area contributed by atoms with Crippen molar-refractivity contribution in [3.05, 3.63) is 24.5 Å². The summed E-state index contributed by atoms with van der Waals surface area (Å²) in [7, 11) is 3.98. The molecule has 1 saturated heterocycles. The van der Waals surface area contributed by atoms with Crippen LogP contribution in [0.15, 0.2) is 24.5 Å². The molecule has 5 heteroatoms. The van der Waals surface area contributed by atoms with Crippen molar-refractivity contribution in [1.82, 2.24) is 14.5 Å². The molecule has 1 unspecified atom stereocenters. The molecule has 0 N–H and O–H groups in total. The number of fused-ring (bicyclic) bond motifs is 1. The second kappa shape index (κ2) is 5.25. The first-order valence-electron chi connectivity index (χ1n) is 6.95. The quantitative estimate of drug-likeness (QED) is 0.618. The third-order valence-corrected chi connectivity index (χ3v) is 3.87. The van der Waals surface area contributed by atoms with E-state index in [9.17, 15) is 4.79 Å². The smallest absolute Gasteiger partial charge is 0.315 e. The molecule has 0 saturated carbocycles. The average Bonchev–Trinajstić information content (AvgIpc) is 2.80. The maximum absolute atomic E-state index is 12.2. The number of aromatic nitrogens is 2. The van der Waals surface area contributed by atoms with Gasteiger partial charge < -0.3 is 14.2 Å². The number of rotatable bonds is 2. The van der Waals surface area contributed by atoms with Crippen LogP contribution < -0.4 is 4.74 Å². The van der Waals surface area contributed by atoms with E-state index < -0.39 is 0 Å². The van der Waals surface area contributed by atoms with Crippen molar-refractivity contribution in [3.63, 3.8) is 0 Å². The van der Waals surface area contributed by atoms with E-state index in [1.165, 1.54) is 0 Å². The normalized spacial score (nSPS) is 20.2. The Morgan fingerprint density at radius 3 is 3.05 bits per heavy atom. The fourth-order valence-corrected chi connectivity index (χ4v) is 2.74. The van der Waals surface area contributed by atoms with Crippen LogP contribution in [0.1, 0.15) is 12.8 Å². The van der Waals surface area contributed by atoms with Gasteiger partial charge in [0.2, 0.25) is 0 Å². The number of likely N-dealkylation sites (tertiary alicyclic amines) is 1. The molecule has 2 aromatic rings. The monoisotopic (exact) mass is 273 g/mol. The van der Waals surface area contributed by atoms with Crippen LogP contribution in [-0.4, -0.2) is 40.6 Å². The van der Waals surface area contributed by atoms with E-state index in [2.05, 4.69) is 9.88 Å². The van der Waals surface area contributed by atoms with Crippen LogP contribution in [0.4, 0.5) is 0 Å². The highest BCUT2D eigenvalue weighted by molar-refractivity contribution is 5.80. The number of carbonyl (C=O) groups is 1. The summed E-state index contributed by atoms with van der Waals surface area (Å²) in [5.74, 6) is 0.425. The molecule has 20 heavy (non-hydrogen) atoms. The molecule has 0 amide bonds. The summed E-state index contributed by atoms with van der Waals surface area (Å²) in [6.07, 6.45) is 3.72. The Labute approximate surface area is 118 Å². The number of ether oxygens (including phenoxy) is 1. The molecule has 106 valence electrons. The molecule has 0 bridgehead atoms. The first-order chi connectivity index (χ1) is 9.63. The number of carbonyl (C=O) groups excluding carboxylic acids is 1. The molecular formula is C15H19N3O2. The minimum atomic E-state index is -0.133. The minimum Gasteiger partial charge on any atom is -0.426 e. The van der Waals surface area contributed by atoms with E-state index >= 15 is 0 Å². The van der Waals surface area contributed by atoms with Crippen molar-refractivity contribution in [3.8, 4) is 5.75 Å². The van der Waals surface area contributed by atoms with Gasteiger partial charge in [-0.05, 0) is 38.6 Å².